The smallest absolute Gasteiger partial charge is 0.264 e. The van der Waals surface area contributed by atoms with Crippen LogP contribution in [0.1, 0.15) is 28.4 Å². The van der Waals surface area contributed by atoms with Crippen LogP contribution in [0.4, 0.5) is 5.69 Å². The number of benzene rings is 1. The average molecular weight is 374 g/mol. The van der Waals surface area contributed by atoms with E-state index in [1.807, 2.05) is 44.5 Å². The zero-order valence-electron chi connectivity index (χ0n) is 15.7. The van der Waals surface area contributed by atoms with Gasteiger partial charge in [0.25, 0.3) is 15.9 Å². The Hall–Kier alpha value is -2.61. The SMILES string of the molecule is Cc1ccc(NS(=O)(=O)c2c(-c3nnc(C)o3)c(C)n(C)c2C)c(C)c1. The Kier molecular flexibility index (Phi) is 4.39. The molecule has 0 bridgehead atoms. The van der Waals surface area contributed by atoms with Crippen molar-refractivity contribution < 1.29 is 12.8 Å². The van der Waals surface area contributed by atoms with Crippen LogP contribution in [-0.2, 0) is 17.1 Å². The first kappa shape index (κ1) is 18.2. The second kappa shape index (κ2) is 6.28. The Morgan fingerprint density at radius 1 is 1.04 bits per heavy atom. The molecule has 7 nitrogen and oxygen atoms in total. The normalized spacial score (nSPS) is 11.8. The van der Waals surface area contributed by atoms with Gasteiger partial charge in [0.1, 0.15) is 4.90 Å². The van der Waals surface area contributed by atoms with Crippen molar-refractivity contribution in [1.82, 2.24) is 14.8 Å². The van der Waals surface area contributed by atoms with Crippen molar-refractivity contribution in [2.45, 2.75) is 39.5 Å². The minimum absolute atomic E-state index is 0.154. The summed E-state index contributed by atoms with van der Waals surface area (Å²) in [6.45, 7) is 9.10. The predicted octanol–water partition coefficient (Wildman–Crippen LogP) is 3.42. The van der Waals surface area contributed by atoms with Crippen molar-refractivity contribution in [1.29, 1.82) is 0 Å². The van der Waals surface area contributed by atoms with Crippen LogP contribution in [0.2, 0.25) is 0 Å². The molecular formula is C18H22N4O3S. The molecule has 3 aromatic rings. The molecule has 2 aromatic heterocycles. The van der Waals surface area contributed by atoms with Crippen LogP contribution in [-0.4, -0.2) is 23.2 Å². The van der Waals surface area contributed by atoms with E-state index in [1.54, 1.807) is 19.9 Å². The highest BCUT2D eigenvalue weighted by Crippen LogP contribution is 2.35. The first-order valence-electron chi connectivity index (χ1n) is 8.18. The van der Waals surface area contributed by atoms with E-state index in [0.717, 1.165) is 16.8 Å². The predicted molar refractivity (Wildman–Crippen MR) is 99.6 cm³/mol. The highest BCUT2D eigenvalue weighted by Gasteiger charge is 2.30. The molecular weight excluding hydrogens is 352 g/mol. The molecule has 138 valence electrons. The van der Waals surface area contributed by atoms with E-state index in [2.05, 4.69) is 14.9 Å². The third-order valence-corrected chi connectivity index (χ3v) is 6.08. The van der Waals surface area contributed by atoms with Crippen LogP contribution < -0.4 is 4.72 Å². The minimum atomic E-state index is -3.85. The lowest BCUT2D eigenvalue weighted by atomic mass is 10.1. The molecule has 0 saturated carbocycles. The molecule has 1 N–H and O–H groups in total. The van der Waals surface area contributed by atoms with Crippen LogP contribution in [0.5, 0.6) is 0 Å². The van der Waals surface area contributed by atoms with Gasteiger partial charge in [-0.3, -0.25) is 4.72 Å². The lowest BCUT2D eigenvalue weighted by molar-refractivity contribution is 0.530. The Morgan fingerprint density at radius 2 is 1.73 bits per heavy atom. The molecule has 0 spiro atoms. The average Bonchev–Trinajstić information content (AvgIpc) is 3.07. The fourth-order valence-corrected chi connectivity index (χ4v) is 4.67. The summed E-state index contributed by atoms with van der Waals surface area (Å²) >= 11 is 0. The van der Waals surface area contributed by atoms with Crippen molar-refractivity contribution in [3.8, 4) is 11.5 Å². The minimum Gasteiger partial charge on any atom is -0.421 e. The van der Waals surface area contributed by atoms with Gasteiger partial charge in [0.15, 0.2) is 0 Å². The van der Waals surface area contributed by atoms with Crippen molar-refractivity contribution in [3.63, 3.8) is 0 Å². The molecule has 1 aromatic carbocycles. The molecule has 0 unspecified atom stereocenters. The van der Waals surface area contributed by atoms with Gasteiger partial charge in [0.2, 0.25) is 5.89 Å². The lowest BCUT2D eigenvalue weighted by Crippen LogP contribution is -2.15. The van der Waals surface area contributed by atoms with E-state index >= 15 is 0 Å². The maximum atomic E-state index is 13.2. The van der Waals surface area contributed by atoms with Gasteiger partial charge in [-0.2, -0.15) is 0 Å². The summed E-state index contributed by atoms with van der Waals surface area (Å²) in [6.07, 6.45) is 0. The molecule has 0 fully saturated rings. The summed E-state index contributed by atoms with van der Waals surface area (Å²) < 4.78 is 36.4. The summed E-state index contributed by atoms with van der Waals surface area (Å²) in [5, 5.41) is 7.85. The van der Waals surface area contributed by atoms with E-state index in [9.17, 15) is 8.42 Å². The second-order valence-electron chi connectivity index (χ2n) is 6.48. The van der Waals surface area contributed by atoms with Gasteiger partial charge in [-0.15, -0.1) is 10.2 Å². The number of hydrogen-bond acceptors (Lipinski definition) is 5. The third-order valence-electron chi connectivity index (χ3n) is 4.56. The lowest BCUT2D eigenvalue weighted by Gasteiger charge is -2.12. The number of nitrogens with zero attached hydrogens (tertiary/aromatic N) is 3. The van der Waals surface area contributed by atoms with Crippen LogP contribution >= 0.6 is 0 Å². The summed E-state index contributed by atoms with van der Waals surface area (Å²) in [7, 11) is -2.04. The number of aromatic nitrogens is 3. The fourth-order valence-electron chi connectivity index (χ4n) is 3.02. The summed E-state index contributed by atoms with van der Waals surface area (Å²) in [4.78, 5) is 0.154. The zero-order valence-corrected chi connectivity index (χ0v) is 16.5. The maximum absolute atomic E-state index is 13.2. The van der Waals surface area contributed by atoms with E-state index in [0.29, 0.717) is 22.8 Å². The molecule has 0 amide bonds. The van der Waals surface area contributed by atoms with Crippen LogP contribution in [0, 0.1) is 34.6 Å². The first-order valence-corrected chi connectivity index (χ1v) is 9.66. The third kappa shape index (κ3) is 3.01. The Bertz CT molecular complexity index is 1090. The van der Waals surface area contributed by atoms with Gasteiger partial charge >= 0.3 is 0 Å². The van der Waals surface area contributed by atoms with E-state index in [1.165, 1.54) is 0 Å². The molecule has 0 saturated heterocycles. The second-order valence-corrected chi connectivity index (χ2v) is 8.10. The number of anilines is 1. The van der Waals surface area contributed by atoms with Gasteiger partial charge in [0, 0.05) is 25.4 Å². The Labute approximate surface area is 153 Å². The Morgan fingerprint density at radius 3 is 2.31 bits per heavy atom. The largest absolute Gasteiger partial charge is 0.421 e. The van der Waals surface area contributed by atoms with Gasteiger partial charge in [-0.05, 0) is 39.3 Å². The molecule has 0 atom stereocenters. The van der Waals surface area contributed by atoms with Gasteiger partial charge in [0.05, 0.1) is 11.3 Å². The number of aryl methyl sites for hydroxylation is 3. The Balaban J connectivity index is 2.17. The van der Waals surface area contributed by atoms with E-state index in [4.69, 9.17) is 4.42 Å². The number of rotatable bonds is 4. The summed E-state index contributed by atoms with van der Waals surface area (Å²) in [6, 6.07) is 5.57. The molecule has 8 heteroatoms. The molecule has 0 radical (unpaired) electrons. The standard InChI is InChI=1S/C18H22N4O3S/c1-10-7-8-15(11(2)9-10)21-26(23,24)17-13(4)22(6)12(3)16(17)18-20-19-14(5)25-18/h7-9,21H,1-6H3. The number of hydrogen-bond donors (Lipinski definition) is 1. The van der Waals surface area contributed by atoms with Crippen LogP contribution in [0.3, 0.4) is 0 Å². The first-order chi connectivity index (χ1) is 12.1. The molecule has 2 heterocycles. The topological polar surface area (TPSA) is 90.0 Å². The van der Waals surface area contributed by atoms with E-state index < -0.39 is 10.0 Å². The quantitative estimate of drug-likeness (QED) is 0.756. The molecule has 0 aliphatic carbocycles. The van der Waals surface area contributed by atoms with Crippen LogP contribution in [0.15, 0.2) is 27.5 Å². The van der Waals surface area contributed by atoms with Crippen molar-refractivity contribution >= 4 is 15.7 Å². The summed E-state index contributed by atoms with van der Waals surface area (Å²) in [5.74, 6) is 0.580. The number of sulfonamides is 1. The van der Waals surface area contributed by atoms with Crippen LogP contribution in [0.25, 0.3) is 11.5 Å². The molecule has 26 heavy (non-hydrogen) atoms. The van der Waals surface area contributed by atoms with E-state index in [-0.39, 0.29) is 10.8 Å². The molecule has 0 aliphatic rings. The van der Waals surface area contributed by atoms with Crippen molar-refractivity contribution in [2.24, 2.45) is 7.05 Å². The fraction of sp³-hybridized carbons (Fsp3) is 0.333. The molecule has 0 aliphatic heterocycles. The zero-order chi connectivity index (χ0) is 19.2. The monoisotopic (exact) mass is 374 g/mol. The van der Waals surface area contributed by atoms with Gasteiger partial charge in [-0.25, -0.2) is 8.42 Å². The highest BCUT2D eigenvalue weighted by atomic mass is 32.2. The maximum Gasteiger partial charge on any atom is 0.264 e. The highest BCUT2D eigenvalue weighted by molar-refractivity contribution is 7.93. The number of nitrogens with one attached hydrogen (secondary N) is 1. The summed E-state index contributed by atoms with van der Waals surface area (Å²) in [5.41, 5.74) is 4.25. The van der Waals surface area contributed by atoms with Crippen molar-refractivity contribution in [2.75, 3.05) is 4.72 Å². The van der Waals surface area contributed by atoms with Crippen molar-refractivity contribution in [3.05, 3.63) is 46.6 Å². The van der Waals surface area contributed by atoms with Gasteiger partial charge < -0.3 is 8.98 Å². The molecule has 3 rings (SSSR count). The van der Waals surface area contributed by atoms with Gasteiger partial charge in [-0.1, -0.05) is 17.7 Å².